The van der Waals surface area contributed by atoms with E-state index in [1.165, 1.54) is 0 Å². The Morgan fingerprint density at radius 2 is 1.76 bits per heavy atom. The van der Waals surface area contributed by atoms with Crippen molar-refractivity contribution >= 4 is 51.1 Å². The SMILES string of the molecule is CN(C)C1CN(c2nc(N3C[C@@H]4CC[C@H]3CN4C(=O)OC(C)(C)C)c3cc(Cl)c(-c4cc(O)cc5ccccc45)c(F)c3n2)C1. The van der Waals surface area contributed by atoms with Gasteiger partial charge in [-0.05, 0) is 82.2 Å². The lowest BCUT2D eigenvalue weighted by Gasteiger charge is -2.52. The van der Waals surface area contributed by atoms with Gasteiger partial charge in [0.1, 0.15) is 22.7 Å². The van der Waals surface area contributed by atoms with Gasteiger partial charge in [-0.15, -0.1) is 0 Å². The first-order valence-electron chi connectivity index (χ1n) is 15.5. The number of piperazine rings is 1. The van der Waals surface area contributed by atoms with E-state index in [1.54, 1.807) is 18.2 Å². The van der Waals surface area contributed by atoms with Crippen molar-refractivity contribution in [2.45, 2.75) is 57.3 Å². The summed E-state index contributed by atoms with van der Waals surface area (Å²) in [6.07, 6.45) is 1.43. The fourth-order valence-corrected chi connectivity index (χ4v) is 7.15. The maximum atomic E-state index is 16.9. The number of rotatable bonds is 4. The fraction of sp³-hybridized carbons (Fsp3) is 0.441. The van der Waals surface area contributed by atoms with Gasteiger partial charge in [0.15, 0.2) is 5.82 Å². The third kappa shape index (κ3) is 5.27. The molecular formula is C34H38ClFN6O3. The van der Waals surface area contributed by atoms with Crippen LogP contribution in [-0.2, 0) is 4.74 Å². The van der Waals surface area contributed by atoms with E-state index in [2.05, 4.69) is 14.7 Å². The molecule has 8 rings (SSSR count). The number of carbonyl (C=O) groups is 1. The smallest absolute Gasteiger partial charge is 0.410 e. The Labute approximate surface area is 267 Å². The Hall–Kier alpha value is -3.89. The van der Waals surface area contributed by atoms with Crippen molar-refractivity contribution in [1.29, 1.82) is 0 Å². The van der Waals surface area contributed by atoms with E-state index in [4.69, 9.17) is 26.3 Å². The van der Waals surface area contributed by atoms with E-state index in [0.717, 1.165) is 36.7 Å². The molecule has 236 valence electrons. The molecule has 45 heavy (non-hydrogen) atoms. The summed E-state index contributed by atoms with van der Waals surface area (Å²) in [6.45, 7) is 8.13. The molecule has 0 saturated carbocycles. The largest absolute Gasteiger partial charge is 0.508 e. The number of amides is 1. The first-order chi connectivity index (χ1) is 21.4. The number of nitrogens with zero attached hydrogens (tertiary/aromatic N) is 6. The summed E-state index contributed by atoms with van der Waals surface area (Å²) in [5, 5.41) is 12.8. The summed E-state index contributed by atoms with van der Waals surface area (Å²) < 4.78 is 22.7. The molecule has 0 unspecified atom stereocenters. The third-order valence-corrected chi connectivity index (χ3v) is 9.57. The number of ether oxygens (including phenoxy) is 1. The molecule has 2 atom stereocenters. The van der Waals surface area contributed by atoms with E-state index in [9.17, 15) is 9.90 Å². The normalized spacial score (nSPS) is 20.4. The molecule has 1 amide bonds. The van der Waals surface area contributed by atoms with E-state index >= 15 is 4.39 Å². The van der Waals surface area contributed by atoms with Crippen molar-refractivity contribution in [3.05, 3.63) is 53.3 Å². The molecular weight excluding hydrogens is 595 g/mol. The molecule has 4 aromatic rings. The van der Waals surface area contributed by atoms with E-state index in [0.29, 0.717) is 41.8 Å². The number of phenolic OH excluding ortho intramolecular Hbond substituents is 1. The minimum Gasteiger partial charge on any atom is -0.508 e. The van der Waals surface area contributed by atoms with Gasteiger partial charge in [0.25, 0.3) is 0 Å². The number of anilines is 2. The van der Waals surface area contributed by atoms with Gasteiger partial charge in [0, 0.05) is 49.2 Å². The molecule has 1 N–H and O–H groups in total. The second-order valence-corrected chi connectivity index (χ2v) is 14.1. The lowest BCUT2D eigenvalue weighted by Crippen LogP contribution is -2.64. The maximum absolute atomic E-state index is 16.9. The summed E-state index contributed by atoms with van der Waals surface area (Å²) in [7, 11) is 4.09. The minimum absolute atomic E-state index is 0.0177. The molecule has 9 nitrogen and oxygen atoms in total. The highest BCUT2D eigenvalue weighted by Crippen LogP contribution is 2.44. The number of aromatic hydroxyl groups is 1. The van der Waals surface area contributed by atoms with Crippen LogP contribution in [0.3, 0.4) is 0 Å². The second-order valence-electron chi connectivity index (χ2n) is 13.7. The van der Waals surface area contributed by atoms with Crippen LogP contribution in [0.5, 0.6) is 5.75 Å². The maximum Gasteiger partial charge on any atom is 0.410 e. The molecule has 4 saturated heterocycles. The molecule has 4 aliphatic heterocycles. The van der Waals surface area contributed by atoms with Crippen LogP contribution in [0.25, 0.3) is 32.8 Å². The number of benzene rings is 3. The van der Waals surface area contributed by atoms with Crippen molar-refractivity contribution < 1.29 is 19.0 Å². The number of phenols is 1. The number of halogens is 2. The number of hydrogen-bond donors (Lipinski definition) is 1. The molecule has 4 fully saturated rings. The summed E-state index contributed by atoms with van der Waals surface area (Å²) in [6, 6.07) is 12.8. The van der Waals surface area contributed by atoms with E-state index in [1.807, 2.05) is 64.0 Å². The summed E-state index contributed by atoms with van der Waals surface area (Å²) in [5.41, 5.74) is 0.288. The highest BCUT2D eigenvalue weighted by Gasteiger charge is 2.44. The number of carbonyl (C=O) groups excluding carboxylic acids is 1. The van der Waals surface area contributed by atoms with Crippen LogP contribution < -0.4 is 9.80 Å². The number of piperidine rings is 2. The second kappa shape index (κ2) is 10.9. The van der Waals surface area contributed by atoms with Gasteiger partial charge in [-0.1, -0.05) is 35.9 Å². The fourth-order valence-electron chi connectivity index (χ4n) is 6.85. The summed E-state index contributed by atoms with van der Waals surface area (Å²) >= 11 is 6.93. The lowest BCUT2D eigenvalue weighted by molar-refractivity contribution is 0.000818. The lowest BCUT2D eigenvalue weighted by atomic mass is 9.90. The van der Waals surface area contributed by atoms with Crippen molar-refractivity contribution in [3.8, 4) is 16.9 Å². The zero-order valence-corrected chi connectivity index (χ0v) is 27.0. The van der Waals surface area contributed by atoms with Gasteiger partial charge in [0.05, 0.1) is 11.1 Å². The zero-order valence-electron chi connectivity index (χ0n) is 26.2. The standard InChI is InChI=1S/C34H38ClFN6O3/c1-34(2,3)45-33(44)42-18-20-10-11-21(42)17-41(20)31-26-14-27(35)28(25-13-23(43)12-19-8-6-7-9-24(19)25)29(36)30(26)37-32(38-31)40-15-22(16-40)39(4)5/h6-9,12-14,20-22,43H,10-11,15-18H2,1-5H3/t20-,21-/m0/s1. The van der Waals surface area contributed by atoms with E-state index < -0.39 is 11.4 Å². The van der Waals surface area contributed by atoms with Gasteiger partial charge in [-0.3, -0.25) is 0 Å². The Morgan fingerprint density at radius 1 is 1.02 bits per heavy atom. The van der Waals surface area contributed by atoms with Gasteiger partial charge in [-0.25, -0.2) is 14.2 Å². The number of fused-ring (bicyclic) bond motifs is 5. The first-order valence-corrected chi connectivity index (χ1v) is 15.8. The van der Waals surface area contributed by atoms with Gasteiger partial charge >= 0.3 is 6.09 Å². The average molecular weight is 633 g/mol. The van der Waals surface area contributed by atoms with Crippen LogP contribution in [0.4, 0.5) is 21.0 Å². The molecule has 0 radical (unpaired) electrons. The molecule has 0 aliphatic carbocycles. The first kappa shape index (κ1) is 29.8. The van der Waals surface area contributed by atoms with Crippen LogP contribution in [0.15, 0.2) is 42.5 Å². The van der Waals surface area contributed by atoms with E-state index in [-0.39, 0.29) is 40.0 Å². The van der Waals surface area contributed by atoms with Crippen molar-refractivity contribution in [2.24, 2.45) is 0 Å². The molecule has 11 heteroatoms. The molecule has 2 bridgehead atoms. The van der Waals surface area contributed by atoms with Crippen LogP contribution in [0, 0.1) is 5.82 Å². The minimum atomic E-state index is -0.584. The predicted octanol–water partition coefficient (Wildman–Crippen LogP) is 6.29. The van der Waals surface area contributed by atoms with Gasteiger partial charge < -0.3 is 29.4 Å². The zero-order chi connectivity index (χ0) is 31.8. The predicted molar refractivity (Wildman–Crippen MR) is 176 cm³/mol. The Balaban J connectivity index is 1.35. The summed E-state index contributed by atoms with van der Waals surface area (Å²) in [5.74, 6) is 0.557. The Bertz CT molecular complexity index is 1820. The molecule has 5 heterocycles. The highest BCUT2D eigenvalue weighted by molar-refractivity contribution is 6.35. The quantitative estimate of drug-likeness (QED) is 0.281. The molecule has 1 aromatic heterocycles. The van der Waals surface area contributed by atoms with Gasteiger partial charge in [0.2, 0.25) is 5.95 Å². The van der Waals surface area contributed by atoms with Crippen LogP contribution in [-0.4, -0.2) is 95.0 Å². The van der Waals surface area contributed by atoms with Gasteiger partial charge in [-0.2, -0.15) is 4.98 Å². The molecule has 0 spiro atoms. The molecule has 4 aliphatic rings. The topological polar surface area (TPSA) is 85.3 Å². The number of likely N-dealkylation sites (N-methyl/N-ethyl adjacent to an activating group) is 1. The van der Waals surface area contributed by atoms with Crippen LogP contribution in [0.1, 0.15) is 33.6 Å². The summed E-state index contributed by atoms with van der Waals surface area (Å²) in [4.78, 5) is 31.2. The highest BCUT2D eigenvalue weighted by atomic mass is 35.5. The Kier molecular flexibility index (Phi) is 7.20. The van der Waals surface area contributed by atoms with Crippen LogP contribution in [0.2, 0.25) is 5.02 Å². The van der Waals surface area contributed by atoms with Crippen molar-refractivity contribution in [2.75, 3.05) is 50.1 Å². The average Bonchev–Trinajstić information content (AvgIpc) is 2.95. The van der Waals surface area contributed by atoms with Crippen LogP contribution >= 0.6 is 11.6 Å². The van der Waals surface area contributed by atoms with Crippen molar-refractivity contribution in [1.82, 2.24) is 19.8 Å². The molecule has 3 aromatic carbocycles. The Morgan fingerprint density at radius 3 is 2.44 bits per heavy atom. The number of aromatic nitrogens is 2. The monoisotopic (exact) mass is 632 g/mol. The number of hydrogen-bond acceptors (Lipinski definition) is 8. The van der Waals surface area contributed by atoms with Crippen molar-refractivity contribution in [3.63, 3.8) is 0 Å². The third-order valence-electron chi connectivity index (χ3n) is 9.27.